The highest BCUT2D eigenvalue weighted by molar-refractivity contribution is 6.44. The summed E-state index contributed by atoms with van der Waals surface area (Å²) in [6.45, 7) is 3.16. The number of carbonyl (C=O) groups excluding carboxylic acids is 4. The number of alkyl halides is 3. The molecule has 0 saturated carbocycles. The Morgan fingerprint density at radius 1 is 1.16 bits per heavy atom. The largest absolute Gasteiger partial charge is 0.496 e. The number of esters is 1. The van der Waals surface area contributed by atoms with Crippen LogP contribution in [0.2, 0.25) is 5.82 Å². The molecule has 1 aliphatic heterocycles. The number of ketones is 2. The van der Waals surface area contributed by atoms with Gasteiger partial charge in [-0.25, -0.2) is 0 Å². The van der Waals surface area contributed by atoms with Crippen LogP contribution in [0.3, 0.4) is 0 Å². The van der Waals surface area contributed by atoms with E-state index in [4.69, 9.17) is 9.47 Å². The first-order valence-electron chi connectivity index (χ1n) is 11.9. The van der Waals surface area contributed by atoms with Gasteiger partial charge in [0.1, 0.15) is 11.7 Å². The molecule has 0 aromatic heterocycles. The van der Waals surface area contributed by atoms with E-state index in [0.717, 1.165) is 4.90 Å². The lowest BCUT2D eigenvalue weighted by molar-refractivity contribution is -0.189. The molecule has 3 unspecified atom stereocenters. The molecule has 0 aliphatic carbocycles. The summed E-state index contributed by atoms with van der Waals surface area (Å²) in [5, 5.41) is 19.1. The molecule has 9 nitrogen and oxygen atoms in total. The van der Waals surface area contributed by atoms with Crippen molar-refractivity contribution in [3.8, 4) is 5.75 Å². The van der Waals surface area contributed by atoms with Crippen molar-refractivity contribution >= 4 is 30.6 Å². The first-order valence-corrected chi connectivity index (χ1v) is 11.9. The first-order chi connectivity index (χ1) is 17.3. The third kappa shape index (κ3) is 8.03. The molecule has 2 rings (SSSR count). The molecule has 0 radical (unpaired) electrons. The third-order valence-corrected chi connectivity index (χ3v) is 6.34. The number of Topliss-reactive ketones (excluding diaryl/α,β-unsaturated/α-hetero) is 2. The molecule has 1 aromatic carbocycles. The number of benzene rings is 1. The summed E-state index contributed by atoms with van der Waals surface area (Å²) in [6, 6.07) is 2.94. The summed E-state index contributed by atoms with van der Waals surface area (Å²) in [5.41, 5.74) is 0.632. The van der Waals surface area contributed by atoms with E-state index in [2.05, 4.69) is 0 Å². The van der Waals surface area contributed by atoms with E-state index in [1.54, 1.807) is 13.8 Å². The van der Waals surface area contributed by atoms with E-state index in [9.17, 15) is 42.4 Å². The number of carbonyl (C=O) groups is 4. The number of rotatable bonds is 12. The topological polar surface area (TPSA) is 130 Å². The lowest BCUT2D eigenvalue weighted by Gasteiger charge is -2.29. The number of halogens is 3. The van der Waals surface area contributed by atoms with Crippen molar-refractivity contribution in [1.82, 2.24) is 4.90 Å². The van der Waals surface area contributed by atoms with Crippen molar-refractivity contribution in [2.45, 2.75) is 64.0 Å². The monoisotopic (exact) mass is 529 g/mol. The Balaban J connectivity index is 2.20. The number of aryl methyl sites for hydroxylation is 1. The van der Waals surface area contributed by atoms with Crippen LogP contribution >= 0.6 is 0 Å². The molecule has 1 aromatic rings. The fourth-order valence-corrected chi connectivity index (χ4v) is 4.32. The second kappa shape index (κ2) is 13.0. The van der Waals surface area contributed by atoms with Crippen molar-refractivity contribution in [3.05, 3.63) is 29.3 Å². The summed E-state index contributed by atoms with van der Waals surface area (Å²) in [5.74, 6) is -7.38. The van der Waals surface area contributed by atoms with Crippen LogP contribution in [0.1, 0.15) is 54.9 Å². The van der Waals surface area contributed by atoms with E-state index in [-0.39, 0.29) is 31.6 Å². The van der Waals surface area contributed by atoms with Crippen LogP contribution in [-0.4, -0.2) is 78.0 Å². The molecule has 3 atom stereocenters. The highest BCUT2D eigenvalue weighted by Crippen LogP contribution is 2.35. The SMILES string of the molecule is CCOC(=O)CC(CC(=O)C1CCCN1C(=O)C(CC(=O)c1ccc(C)c(OC)c1)C(F)(F)F)B(O)O. The number of hydrogen-bond donors (Lipinski definition) is 2. The van der Waals surface area contributed by atoms with Crippen LogP contribution < -0.4 is 4.74 Å². The zero-order valence-electron chi connectivity index (χ0n) is 20.9. The Morgan fingerprint density at radius 3 is 2.41 bits per heavy atom. The molecule has 204 valence electrons. The molecular formula is C24H31BF3NO8. The zero-order chi connectivity index (χ0) is 27.9. The van der Waals surface area contributed by atoms with Gasteiger partial charge in [0.05, 0.1) is 19.8 Å². The third-order valence-electron chi connectivity index (χ3n) is 6.34. The Hall–Kier alpha value is -2.93. The summed E-state index contributed by atoms with van der Waals surface area (Å²) >= 11 is 0. The second-order valence-corrected chi connectivity index (χ2v) is 8.95. The van der Waals surface area contributed by atoms with Gasteiger partial charge in [0.2, 0.25) is 5.91 Å². The van der Waals surface area contributed by atoms with Crippen molar-refractivity contribution < 1.29 is 51.9 Å². The molecule has 1 heterocycles. The molecule has 2 N–H and O–H groups in total. The number of likely N-dealkylation sites (tertiary alicyclic amines) is 1. The number of hydrogen-bond acceptors (Lipinski definition) is 8. The average Bonchev–Trinajstić information content (AvgIpc) is 3.31. The Morgan fingerprint density at radius 2 is 1.84 bits per heavy atom. The summed E-state index contributed by atoms with van der Waals surface area (Å²) in [6.07, 6.45) is -6.91. The summed E-state index contributed by atoms with van der Waals surface area (Å²) in [4.78, 5) is 51.2. The minimum atomic E-state index is -5.05. The predicted octanol–water partition coefficient (Wildman–Crippen LogP) is 2.50. The second-order valence-electron chi connectivity index (χ2n) is 8.95. The lowest BCUT2D eigenvalue weighted by atomic mass is 9.67. The molecule has 1 aliphatic rings. The zero-order valence-corrected chi connectivity index (χ0v) is 20.9. The lowest BCUT2D eigenvalue weighted by Crippen LogP contribution is -2.48. The van der Waals surface area contributed by atoms with E-state index in [0.29, 0.717) is 11.3 Å². The number of ether oxygens (including phenoxy) is 2. The van der Waals surface area contributed by atoms with Crippen LogP contribution in [-0.2, 0) is 19.1 Å². The summed E-state index contributed by atoms with van der Waals surface area (Å²) < 4.78 is 51.7. The number of nitrogens with zero attached hydrogens (tertiary/aromatic N) is 1. The molecule has 1 saturated heterocycles. The molecular weight excluding hydrogens is 498 g/mol. The molecule has 13 heteroatoms. The Bertz CT molecular complexity index is 1000. The minimum absolute atomic E-state index is 0.0405. The van der Waals surface area contributed by atoms with Gasteiger partial charge in [-0.3, -0.25) is 19.2 Å². The average molecular weight is 529 g/mol. The maximum absolute atomic E-state index is 13.9. The highest BCUT2D eigenvalue weighted by atomic mass is 19.4. The van der Waals surface area contributed by atoms with Gasteiger partial charge in [0, 0.05) is 37.2 Å². The molecule has 0 spiro atoms. The van der Waals surface area contributed by atoms with E-state index < -0.39 is 73.8 Å². The van der Waals surface area contributed by atoms with Crippen molar-refractivity contribution in [3.63, 3.8) is 0 Å². The van der Waals surface area contributed by atoms with Gasteiger partial charge in [-0.2, -0.15) is 13.2 Å². The predicted molar refractivity (Wildman–Crippen MR) is 126 cm³/mol. The normalized spacial score (nSPS) is 17.2. The van der Waals surface area contributed by atoms with Crippen molar-refractivity contribution in [2.75, 3.05) is 20.3 Å². The van der Waals surface area contributed by atoms with Crippen LogP contribution in [0, 0.1) is 12.8 Å². The van der Waals surface area contributed by atoms with Gasteiger partial charge in [-0.15, -0.1) is 0 Å². The standard InChI is InChI=1S/C24H31BF3NO8/c1-4-37-22(32)12-16(25(34)35)11-20(31)18-6-5-9-29(18)23(33)17(24(26,27)28)13-19(30)15-8-7-14(2)21(10-15)36-3/h7-8,10,16-18,34-35H,4-6,9,11-13H2,1-3H3. The van der Waals surface area contributed by atoms with Crippen LogP contribution in [0.5, 0.6) is 5.75 Å². The molecule has 37 heavy (non-hydrogen) atoms. The molecule has 1 amide bonds. The smallest absolute Gasteiger partial charge is 0.455 e. The van der Waals surface area contributed by atoms with Gasteiger partial charge in [-0.1, -0.05) is 12.1 Å². The van der Waals surface area contributed by atoms with Gasteiger partial charge in [-0.05, 0) is 38.3 Å². The molecule has 1 fully saturated rings. The summed E-state index contributed by atoms with van der Waals surface area (Å²) in [7, 11) is -0.693. The van der Waals surface area contributed by atoms with Crippen molar-refractivity contribution in [1.29, 1.82) is 0 Å². The highest BCUT2D eigenvalue weighted by Gasteiger charge is 2.50. The van der Waals surface area contributed by atoms with E-state index in [1.807, 2.05) is 0 Å². The van der Waals surface area contributed by atoms with Crippen molar-refractivity contribution in [2.24, 2.45) is 5.92 Å². The van der Waals surface area contributed by atoms with E-state index in [1.165, 1.54) is 25.3 Å². The first kappa shape index (κ1) is 30.3. The van der Waals surface area contributed by atoms with Crippen LogP contribution in [0.15, 0.2) is 18.2 Å². The minimum Gasteiger partial charge on any atom is -0.496 e. The number of amides is 1. The maximum atomic E-state index is 13.9. The molecule has 0 bridgehead atoms. The number of methoxy groups -OCH3 is 1. The van der Waals surface area contributed by atoms with Gasteiger partial charge in [0.25, 0.3) is 0 Å². The fourth-order valence-electron chi connectivity index (χ4n) is 4.32. The van der Waals surface area contributed by atoms with Crippen LogP contribution in [0.25, 0.3) is 0 Å². The van der Waals surface area contributed by atoms with Gasteiger partial charge >= 0.3 is 19.3 Å². The fraction of sp³-hybridized carbons (Fsp3) is 0.583. The van der Waals surface area contributed by atoms with Gasteiger partial charge in [0.15, 0.2) is 11.6 Å². The Labute approximate surface area is 213 Å². The maximum Gasteiger partial charge on any atom is 0.455 e. The quantitative estimate of drug-likeness (QED) is 0.240. The Kier molecular flexibility index (Phi) is 10.7. The van der Waals surface area contributed by atoms with Crippen LogP contribution in [0.4, 0.5) is 13.2 Å². The van der Waals surface area contributed by atoms with E-state index >= 15 is 0 Å². The van der Waals surface area contributed by atoms with Gasteiger partial charge < -0.3 is 24.4 Å².